The maximum atomic E-state index is 16.9. The van der Waals surface area contributed by atoms with Crippen LogP contribution in [0.4, 0.5) is 14.6 Å². The van der Waals surface area contributed by atoms with Gasteiger partial charge in [0.05, 0.1) is 25.4 Å². The van der Waals surface area contributed by atoms with Crippen LogP contribution in [0.2, 0.25) is 0 Å². The lowest BCUT2D eigenvalue weighted by atomic mass is 9.92. The second-order valence-corrected chi connectivity index (χ2v) is 13.7. The molecule has 5 atom stereocenters. The number of nitrogens with one attached hydrogen (secondary N) is 1. The molecule has 5 heterocycles. The fraction of sp³-hybridized carbons (Fsp3) is 0.500. The Labute approximate surface area is 267 Å². The Morgan fingerprint density at radius 2 is 1.80 bits per heavy atom. The summed E-state index contributed by atoms with van der Waals surface area (Å²) >= 11 is 0. The molecule has 8 nitrogen and oxygen atoms in total. The van der Waals surface area contributed by atoms with Crippen molar-refractivity contribution in [1.82, 2.24) is 20.2 Å². The van der Waals surface area contributed by atoms with Gasteiger partial charge < -0.3 is 24.8 Å². The molecule has 3 aromatic carbocycles. The van der Waals surface area contributed by atoms with Gasteiger partial charge in [0, 0.05) is 55.1 Å². The Morgan fingerprint density at radius 3 is 2.54 bits per heavy atom. The summed E-state index contributed by atoms with van der Waals surface area (Å²) in [4.78, 5) is 14.1. The van der Waals surface area contributed by atoms with Crippen LogP contribution in [0.1, 0.15) is 45.1 Å². The summed E-state index contributed by atoms with van der Waals surface area (Å²) in [6.07, 6.45) is 5.12. The molecule has 0 spiro atoms. The zero-order valence-electron chi connectivity index (χ0n) is 26.4. The lowest BCUT2D eigenvalue weighted by Gasteiger charge is -2.36. The van der Waals surface area contributed by atoms with Crippen molar-refractivity contribution in [3.05, 3.63) is 53.6 Å². The van der Waals surface area contributed by atoms with Crippen LogP contribution in [0, 0.1) is 17.6 Å². The molecule has 10 heteroatoms. The highest BCUT2D eigenvalue weighted by Crippen LogP contribution is 2.42. The van der Waals surface area contributed by atoms with E-state index in [1.165, 1.54) is 12.1 Å². The maximum absolute atomic E-state index is 16.9. The number of halogens is 2. The number of ether oxygens (including phenoxy) is 2. The number of hydrogen-bond donors (Lipinski definition) is 2. The van der Waals surface area contributed by atoms with Gasteiger partial charge in [0.15, 0.2) is 5.82 Å². The second kappa shape index (κ2) is 11.9. The average molecular weight is 630 g/mol. The number of hydrogen-bond acceptors (Lipinski definition) is 8. The standard InChI is InChI=1S/C36H41F2N5O3/c1-3-21-5-4-6-22-11-27(44)12-28(31(21)22)32-30(37)13-29-34(33(32)38)40-36(41-35(29)42-15-23-7-8-24(16-42)39-23)46-17-20(2)14-43-25-9-10-26(43)19-45-18-25/h4-6,11-13,20,23-26,39,44H,3,7-10,14-19H2,1-2H3/t20-,23?,24?,25?,26?/m1/s1. The molecule has 8 rings (SSSR count). The number of fused-ring (bicyclic) bond motifs is 6. The number of nitrogens with zero attached hydrogens (tertiary/aromatic N) is 4. The molecular formula is C36H41F2N5O3. The van der Waals surface area contributed by atoms with E-state index in [0.717, 1.165) is 61.8 Å². The van der Waals surface area contributed by atoms with Crippen molar-refractivity contribution in [2.45, 2.75) is 70.1 Å². The SMILES string of the molecule is CCc1cccc2cc(O)cc(-c3c(F)cc4c(N5CC6CCC(C5)N6)nc(OC[C@H](C)CN5C6CCC5COC6)nc4c3F)c12. The number of phenolic OH excluding ortho intramolecular Hbond substituents is 1. The van der Waals surface area contributed by atoms with Gasteiger partial charge in [-0.1, -0.05) is 32.0 Å². The monoisotopic (exact) mass is 629 g/mol. The van der Waals surface area contributed by atoms with Crippen LogP contribution in [0.3, 0.4) is 0 Å². The predicted molar refractivity (Wildman–Crippen MR) is 175 cm³/mol. The molecule has 0 saturated carbocycles. The number of aryl methyl sites for hydroxylation is 1. The number of aromatic nitrogens is 2. The normalized spacial score (nSPS) is 25.1. The molecule has 242 valence electrons. The first-order valence-electron chi connectivity index (χ1n) is 16.8. The van der Waals surface area contributed by atoms with E-state index in [0.29, 0.717) is 67.1 Å². The number of anilines is 1. The second-order valence-electron chi connectivity index (χ2n) is 13.7. The first-order chi connectivity index (χ1) is 22.4. The van der Waals surface area contributed by atoms with Gasteiger partial charge in [-0.15, -0.1) is 0 Å². The summed E-state index contributed by atoms with van der Waals surface area (Å²) in [6, 6.07) is 11.7. The summed E-state index contributed by atoms with van der Waals surface area (Å²) in [6.45, 7) is 8.36. The maximum Gasteiger partial charge on any atom is 0.319 e. The van der Waals surface area contributed by atoms with Crippen molar-refractivity contribution < 1.29 is 23.4 Å². The number of rotatable bonds is 8. The number of phenols is 1. The van der Waals surface area contributed by atoms with Crippen molar-refractivity contribution in [3.63, 3.8) is 0 Å². The number of piperazine rings is 1. The summed E-state index contributed by atoms with van der Waals surface area (Å²) in [5.41, 5.74) is 1.06. The molecule has 46 heavy (non-hydrogen) atoms. The van der Waals surface area contributed by atoms with Crippen LogP contribution in [0.5, 0.6) is 11.8 Å². The van der Waals surface area contributed by atoms with Crippen molar-refractivity contribution in [2.24, 2.45) is 5.92 Å². The smallest absolute Gasteiger partial charge is 0.319 e. The van der Waals surface area contributed by atoms with Crippen LogP contribution in [0.25, 0.3) is 32.8 Å². The molecule has 4 saturated heterocycles. The topological polar surface area (TPSA) is 83.0 Å². The third-order valence-corrected chi connectivity index (χ3v) is 10.5. The molecular weight excluding hydrogens is 588 g/mol. The molecule has 4 aromatic rings. The zero-order chi connectivity index (χ0) is 31.5. The van der Waals surface area contributed by atoms with Gasteiger partial charge in [0.2, 0.25) is 0 Å². The van der Waals surface area contributed by atoms with Gasteiger partial charge in [-0.2, -0.15) is 9.97 Å². The van der Waals surface area contributed by atoms with Gasteiger partial charge in [0.25, 0.3) is 0 Å². The minimum Gasteiger partial charge on any atom is -0.508 e. The average Bonchev–Trinajstić information content (AvgIpc) is 3.48. The molecule has 0 amide bonds. The number of aromatic hydroxyl groups is 1. The number of morpholine rings is 1. The summed E-state index contributed by atoms with van der Waals surface area (Å²) in [5, 5.41) is 16.0. The Kier molecular flexibility index (Phi) is 7.69. The highest BCUT2D eigenvalue weighted by Gasteiger charge is 2.38. The fourth-order valence-corrected chi connectivity index (χ4v) is 8.30. The summed E-state index contributed by atoms with van der Waals surface area (Å²) in [5.74, 6) is -0.859. The predicted octanol–water partition coefficient (Wildman–Crippen LogP) is 5.81. The largest absolute Gasteiger partial charge is 0.508 e. The van der Waals surface area contributed by atoms with E-state index < -0.39 is 11.6 Å². The van der Waals surface area contributed by atoms with Gasteiger partial charge in [0.1, 0.15) is 22.9 Å². The zero-order valence-corrected chi connectivity index (χ0v) is 26.4. The van der Waals surface area contributed by atoms with Crippen LogP contribution in [-0.2, 0) is 11.2 Å². The lowest BCUT2D eigenvalue weighted by molar-refractivity contribution is -0.0229. The van der Waals surface area contributed by atoms with Crippen molar-refractivity contribution in [1.29, 1.82) is 0 Å². The van der Waals surface area contributed by atoms with E-state index in [4.69, 9.17) is 14.5 Å². The first kappa shape index (κ1) is 29.8. The minimum absolute atomic E-state index is 0.0200. The van der Waals surface area contributed by atoms with Gasteiger partial charge in [-0.3, -0.25) is 4.90 Å². The molecule has 4 unspecified atom stereocenters. The van der Waals surface area contributed by atoms with Crippen molar-refractivity contribution in [3.8, 4) is 22.9 Å². The third kappa shape index (κ3) is 5.24. The summed E-state index contributed by atoms with van der Waals surface area (Å²) < 4.78 is 45.2. The van der Waals surface area contributed by atoms with E-state index in [2.05, 4.69) is 27.0 Å². The highest BCUT2D eigenvalue weighted by atomic mass is 19.1. The van der Waals surface area contributed by atoms with Crippen molar-refractivity contribution >= 4 is 27.5 Å². The quantitative estimate of drug-likeness (QED) is 0.253. The molecule has 4 aliphatic rings. The molecule has 0 radical (unpaired) electrons. The lowest BCUT2D eigenvalue weighted by Crippen LogP contribution is -2.51. The molecule has 1 aromatic heterocycles. The Balaban J connectivity index is 1.20. The van der Waals surface area contributed by atoms with E-state index in [1.54, 1.807) is 6.07 Å². The third-order valence-electron chi connectivity index (χ3n) is 10.5. The highest BCUT2D eigenvalue weighted by molar-refractivity contribution is 6.03. The molecule has 4 bridgehead atoms. The minimum atomic E-state index is -0.780. The number of benzene rings is 3. The van der Waals surface area contributed by atoms with E-state index >= 15 is 8.78 Å². The molecule has 4 aliphatic heterocycles. The first-order valence-corrected chi connectivity index (χ1v) is 16.8. The van der Waals surface area contributed by atoms with Gasteiger partial charge >= 0.3 is 6.01 Å². The van der Waals surface area contributed by atoms with Gasteiger partial charge in [-0.05, 0) is 72.2 Å². The Bertz CT molecular complexity index is 1780. The summed E-state index contributed by atoms with van der Waals surface area (Å²) in [7, 11) is 0. The molecule has 4 fully saturated rings. The van der Waals surface area contributed by atoms with E-state index in [1.807, 2.05) is 25.1 Å². The van der Waals surface area contributed by atoms with Crippen molar-refractivity contribution in [2.75, 3.05) is 44.4 Å². The van der Waals surface area contributed by atoms with E-state index in [-0.39, 0.29) is 28.8 Å². The molecule has 0 aliphatic carbocycles. The van der Waals surface area contributed by atoms with Crippen LogP contribution in [-0.4, -0.2) is 83.6 Å². The fourth-order valence-electron chi connectivity index (χ4n) is 8.30. The van der Waals surface area contributed by atoms with Crippen LogP contribution >= 0.6 is 0 Å². The van der Waals surface area contributed by atoms with Crippen LogP contribution in [0.15, 0.2) is 36.4 Å². The van der Waals surface area contributed by atoms with Gasteiger partial charge in [-0.25, -0.2) is 8.78 Å². The molecule has 2 N–H and O–H groups in total. The van der Waals surface area contributed by atoms with E-state index in [9.17, 15) is 5.11 Å². The Hall–Kier alpha value is -3.60. The Morgan fingerprint density at radius 1 is 1.04 bits per heavy atom. The van der Waals surface area contributed by atoms with Crippen LogP contribution < -0.4 is 15.0 Å².